The summed E-state index contributed by atoms with van der Waals surface area (Å²) in [5, 5.41) is 0. The molecule has 0 aliphatic carbocycles. The van der Waals surface area contributed by atoms with Crippen molar-refractivity contribution in [1.82, 2.24) is 4.90 Å². The summed E-state index contributed by atoms with van der Waals surface area (Å²) in [5.74, 6) is -0.897. The van der Waals surface area contributed by atoms with E-state index in [4.69, 9.17) is 5.73 Å². The number of halogens is 1. The quantitative estimate of drug-likeness (QED) is 0.654. The Morgan fingerprint density at radius 1 is 1.09 bits per heavy atom. The summed E-state index contributed by atoms with van der Waals surface area (Å²) < 4.78 is 0.890. The zero-order chi connectivity index (χ0) is 16.1. The molecular formula is C16H17BrN2O3. The molecule has 0 bridgehead atoms. The highest BCUT2D eigenvalue weighted by atomic mass is 79.9. The number of allylic oxidation sites excluding steroid dienone is 1. The van der Waals surface area contributed by atoms with Crippen LogP contribution in [0.3, 0.4) is 0 Å². The number of hydrogen-bond donors (Lipinski definition) is 1. The summed E-state index contributed by atoms with van der Waals surface area (Å²) in [7, 11) is 0. The zero-order valence-corrected chi connectivity index (χ0v) is 13.6. The normalized spacial score (nSPS) is 16.0. The van der Waals surface area contributed by atoms with E-state index < -0.39 is 0 Å². The second-order valence-electron chi connectivity index (χ2n) is 5.21. The number of hydrogen-bond acceptors (Lipinski definition) is 3. The van der Waals surface area contributed by atoms with E-state index in [-0.39, 0.29) is 23.5 Å². The summed E-state index contributed by atoms with van der Waals surface area (Å²) in [4.78, 5) is 36.7. The first-order valence-corrected chi connectivity index (χ1v) is 7.83. The fourth-order valence-electron chi connectivity index (χ4n) is 2.35. The number of rotatable bonds is 4. The highest BCUT2D eigenvalue weighted by molar-refractivity contribution is 9.10. The van der Waals surface area contributed by atoms with Gasteiger partial charge >= 0.3 is 0 Å². The summed E-state index contributed by atoms with van der Waals surface area (Å²) in [6.07, 6.45) is 3.73. The number of carbonyl (C=O) groups excluding carboxylic acids is 3. The fourth-order valence-corrected chi connectivity index (χ4v) is 2.61. The number of benzene rings is 1. The van der Waals surface area contributed by atoms with Gasteiger partial charge in [-0.1, -0.05) is 15.9 Å². The van der Waals surface area contributed by atoms with Crippen molar-refractivity contribution in [2.24, 2.45) is 11.7 Å². The van der Waals surface area contributed by atoms with Crippen LogP contribution in [0.5, 0.6) is 0 Å². The van der Waals surface area contributed by atoms with Gasteiger partial charge in [-0.2, -0.15) is 0 Å². The van der Waals surface area contributed by atoms with Crippen LogP contribution < -0.4 is 5.73 Å². The van der Waals surface area contributed by atoms with Crippen LogP contribution in [-0.2, 0) is 9.59 Å². The molecule has 0 aromatic heterocycles. The Labute approximate surface area is 137 Å². The molecular weight excluding hydrogens is 348 g/mol. The average Bonchev–Trinajstić information content (AvgIpc) is 2.53. The largest absolute Gasteiger partial charge is 0.369 e. The van der Waals surface area contributed by atoms with Gasteiger partial charge in [-0.15, -0.1) is 0 Å². The van der Waals surface area contributed by atoms with Gasteiger partial charge in [0.15, 0.2) is 5.78 Å². The first-order chi connectivity index (χ1) is 10.5. The minimum absolute atomic E-state index is 0.155. The molecule has 1 aromatic carbocycles. The molecule has 1 aliphatic rings. The van der Waals surface area contributed by atoms with Gasteiger partial charge in [-0.05, 0) is 43.2 Å². The predicted octanol–water partition coefficient (Wildman–Crippen LogP) is 1.91. The Kier molecular flexibility index (Phi) is 5.49. The molecule has 0 atom stereocenters. The molecule has 0 unspecified atom stereocenters. The number of ketones is 1. The molecule has 1 heterocycles. The molecule has 1 fully saturated rings. The molecule has 2 rings (SSSR count). The van der Waals surface area contributed by atoms with Crippen molar-refractivity contribution in [3.8, 4) is 0 Å². The van der Waals surface area contributed by atoms with Gasteiger partial charge < -0.3 is 10.6 Å². The van der Waals surface area contributed by atoms with Gasteiger partial charge in [-0.25, -0.2) is 0 Å². The van der Waals surface area contributed by atoms with Crippen LogP contribution in [0.4, 0.5) is 0 Å². The number of piperidine rings is 1. The molecule has 5 nitrogen and oxygen atoms in total. The maximum absolute atomic E-state index is 12.0. The third-order valence-electron chi connectivity index (χ3n) is 3.72. The fraction of sp³-hybridized carbons (Fsp3) is 0.312. The van der Waals surface area contributed by atoms with Crippen LogP contribution in [0.25, 0.3) is 0 Å². The molecule has 0 radical (unpaired) electrons. The lowest BCUT2D eigenvalue weighted by Gasteiger charge is -2.29. The smallest absolute Gasteiger partial charge is 0.246 e. The Hall–Kier alpha value is -1.95. The van der Waals surface area contributed by atoms with Crippen molar-refractivity contribution in [3.63, 3.8) is 0 Å². The standard InChI is InChI=1S/C16H17BrN2O3/c17-13-3-1-11(2-4-13)14(20)5-6-15(21)19-9-7-12(8-10-19)16(18)22/h1-6,12H,7-10H2,(H2,18,22)/b6-5+. The predicted molar refractivity (Wildman–Crippen MR) is 86.1 cm³/mol. The molecule has 6 heteroatoms. The van der Waals surface area contributed by atoms with Crippen LogP contribution in [-0.4, -0.2) is 35.6 Å². The van der Waals surface area contributed by atoms with Crippen LogP contribution in [0.2, 0.25) is 0 Å². The van der Waals surface area contributed by atoms with Crippen molar-refractivity contribution in [2.45, 2.75) is 12.8 Å². The molecule has 1 saturated heterocycles. The van der Waals surface area contributed by atoms with Gasteiger partial charge in [0.05, 0.1) is 0 Å². The average molecular weight is 365 g/mol. The third-order valence-corrected chi connectivity index (χ3v) is 4.24. The van der Waals surface area contributed by atoms with Crippen LogP contribution in [0.15, 0.2) is 40.9 Å². The summed E-state index contributed by atoms with van der Waals surface area (Å²) in [6.45, 7) is 0.979. The number of carbonyl (C=O) groups is 3. The van der Waals surface area contributed by atoms with E-state index in [0.717, 1.165) is 4.47 Å². The molecule has 2 amide bonds. The number of likely N-dealkylation sites (tertiary alicyclic amines) is 1. The minimum atomic E-state index is -0.312. The Bertz CT molecular complexity index is 602. The van der Waals surface area contributed by atoms with Crippen molar-refractivity contribution >= 4 is 33.5 Å². The number of nitrogens with zero attached hydrogens (tertiary/aromatic N) is 1. The first-order valence-electron chi connectivity index (χ1n) is 7.03. The summed E-state index contributed by atoms with van der Waals surface area (Å²) in [5.41, 5.74) is 5.79. The molecule has 1 aromatic rings. The Morgan fingerprint density at radius 2 is 1.68 bits per heavy atom. The highest BCUT2D eigenvalue weighted by Crippen LogP contribution is 2.17. The van der Waals surface area contributed by atoms with E-state index in [1.165, 1.54) is 12.2 Å². The zero-order valence-electron chi connectivity index (χ0n) is 12.0. The van der Waals surface area contributed by atoms with Crippen LogP contribution in [0, 0.1) is 5.92 Å². The van der Waals surface area contributed by atoms with Gasteiger partial charge in [0.1, 0.15) is 0 Å². The van der Waals surface area contributed by atoms with E-state index in [1.807, 2.05) is 0 Å². The van der Waals surface area contributed by atoms with Gasteiger partial charge in [0, 0.05) is 35.1 Å². The van der Waals surface area contributed by atoms with E-state index in [0.29, 0.717) is 31.5 Å². The lowest BCUT2D eigenvalue weighted by molar-refractivity contribution is -0.130. The minimum Gasteiger partial charge on any atom is -0.369 e. The molecule has 2 N–H and O–H groups in total. The summed E-state index contributed by atoms with van der Waals surface area (Å²) >= 11 is 3.30. The second-order valence-corrected chi connectivity index (χ2v) is 6.12. The maximum atomic E-state index is 12.0. The number of primary amides is 1. The monoisotopic (exact) mass is 364 g/mol. The first kappa shape index (κ1) is 16.4. The topological polar surface area (TPSA) is 80.5 Å². The Balaban J connectivity index is 1.90. The number of nitrogens with two attached hydrogens (primary N) is 1. The SMILES string of the molecule is NC(=O)C1CCN(C(=O)/C=C/C(=O)c2ccc(Br)cc2)CC1. The second kappa shape index (κ2) is 7.35. The lowest BCUT2D eigenvalue weighted by atomic mass is 9.96. The van der Waals surface area contributed by atoms with E-state index in [9.17, 15) is 14.4 Å². The highest BCUT2D eigenvalue weighted by Gasteiger charge is 2.24. The van der Waals surface area contributed by atoms with E-state index in [2.05, 4.69) is 15.9 Å². The maximum Gasteiger partial charge on any atom is 0.246 e. The van der Waals surface area contributed by atoms with E-state index in [1.54, 1.807) is 29.2 Å². The van der Waals surface area contributed by atoms with Crippen LogP contribution in [0.1, 0.15) is 23.2 Å². The van der Waals surface area contributed by atoms with Crippen molar-refractivity contribution < 1.29 is 14.4 Å². The Morgan fingerprint density at radius 3 is 2.23 bits per heavy atom. The molecule has 22 heavy (non-hydrogen) atoms. The van der Waals surface area contributed by atoms with Gasteiger partial charge in [0.2, 0.25) is 11.8 Å². The molecule has 1 aliphatic heterocycles. The van der Waals surface area contributed by atoms with Crippen molar-refractivity contribution in [1.29, 1.82) is 0 Å². The van der Waals surface area contributed by atoms with Crippen molar-refractivity contribution in [3.05, 3.63) is 46.5 Å². The third kappa shape index (κ3) is 4.27. The molecule has 116 valence electrons. The van der Waals surface area contributed by atoms with E-state index >= 15 is 0 Å². The van der Waals surface area contributed by atoms with Gasteiger partial charge in [0.25, 0.3) is 0 Å². The summed E-state index contributed by atoms with van der Waals surface area (Å²) in [6, 6.07) is 6.94. The van der Waals surface area contributed by atoms with Crippen molar-refractivity contribution in [2.75, 3.05) is 13.1 Å². The molecule has 0 saturated carbocycles. The van der Waals surface area contributed by atoms with Crippen LogP contribution >= 0.6 is 15.9 Å². The number of amides is 2. The lowest BCUT2D eigenvalue weighted by Crippen LogP contribution is -2.41. The molecule has 0 spiro atoms. The van der Waals surface area contributed by atoms with Gasteiger partial charge in [-0.3, -0.25) is 14.4 Å².